The van der Waals surface area contributed by atoms with Gasteiger partial charge in [-0.3, -0.25) is 0 Å². The van der Waals surface area contributed by atoms with Gasteiger partial charge in [0.25, 0.3) is 0 Å². The third kappa shape index (κ3) is 2.68. The van der Waals surface area contributed by atoms with Crippen LogP contribution in [-0.2, 0) is 19.1 Å². The Morgan fingerprint density at radius 3 is 2.52 bits per heavy atom. The molecule has 23 heavy (non-hydrogen) atoms. The molecule has 122 valence electrons. The highest BCUT2D eigenvalue weighted by Crippen LogP contribution is 2.37. The molecule has 0 saturated carbocycles. The maximum absolute atomic E-state index is 12.4. The number of nitriles is 1. The molecule has 0 aromatic carbocycles. The van der Waals surface area contributed by atoms with Gasteiger partial charge < -0.3 is 19.4 Å². The van der Waals surface area contributed by atoms with E-state index in [1.807, 2.05) is 0 Å². The van der Waals surface area contributed by atoms with Crippen LogP contribution in [0.1, 0.15) is 36.7 Å². The molecule has 1 aliphatic rings. The first-order valence-corrected chi connectivity index (χ1v) is 7.39. The molecular formula is C16H19N3O4. The number of hydrogen-bond acceptors (Lipinski definition) is 6. The van der Waals surface area contributed by atoms with Gasteiger partial charge in [0.2, 0.25) is 0 Å². The van der Waals surface area contributed by atoms with Crippen LogP contribution in [0, 0.1) is 25.2 Å². The SMILES string of the molecule is CCOC(=O)C1=CNc2c(C#N)c(C)c(C)n2C1C(=O)OCC. The number of ether oxygens (including phenoxy) is 2. The first-order chi connectivity index (χ1) is 11.0. The lowest BCUT2D eigenvalue weighted by Crippen LogP contribution is -2.32. The van der Waals surface area contributed by atoms with Gasteiger partial charge in [-0.25, -0.2) is 9.59 Å². The number of carbonyl (C=O) groups is 2. The fraction of sp³-hybridized carbons (Fsp3) is 0.438. The molecule has 1 N–H and O–H groups in total. The van der Waals surface area contributed by atoms with Gasteiger partial charge in [-0.2, -0.15) is 5.26 Å². The fourth-order valence-corrected chi connectivity index (χ4v) is 2.63. The number of rotatable bonds is 4. The summed E-state index contributed by atoms with van der Waals surface area (Å²) in [6.07, 6.45) is 1.41. The monoisotopic (exact) mass is 317 g/mol. The Bertz CT molecular complexity index is 725. The molecule has 7 nitrogen and oxygen atoms in total. The van der Waals surface area contributed by atoms with Gasteiger partial charge in [0.05, 0.1) is 24.4 Å². The molecule has 1 aliphatic heterocycles. The average Bonchev–Trinajstić information content (AvgIpc) is 2.78. The van der Waals surface area contributed by atoms with E-state index < -0.39 is 18.0 Å². The second-order valence-corrected chi connectivity index (χ2v) is 5.03. The van der Waals surface area contributed by atoms with Gasteiger partial charge in [-0.1, -0.05) is 0 Å². The minimum absolute atomic E-state index is 0.153. The summed E-state index contributed by atoms with van der Waals surface area (Å²) in [7, 11) is 0. The van der Waals surface area contributed by atoms with E-state index in [4.69, 9.17) is 9.47 Å². The first kappa shape index (κ1) is 16.6. The summed E-state index contributed by atoms with van der Waals surface area (Å²) in [5.41, 5.74) is 2.07. The van der Waals surface area contributed by atoms with Crippen LogP contribution < -0.4 is 5.32 Å². The molecular weight excluding hydrogens is 298 g/mol. The molecule has 0 fully saturated rings. The van der Waals surface area contributed by atoms with Gasteiger partial charge >= 0.3 is 11.9 Å². The summed E-state index contributed by atoms with van der Waals surface area (Å²) in [6.45, 7) is 7.37. The van der Waals surface area contributed by atoms with Crippen LogP contribution in [0.3, 0.4) is 0 Å². The maximum Gasteiger partial charge on any atom is 0.338 e. The van der Waals surface area contributed by atoms with Crippen molar-refractivity contribution in [3.8, 4) is 6.07 Å². The third-order valence-electron chi connectivity index (χ3n) is 3.81. The topological polar surface area (TPSA) is 93.4 Å². The summed E-state index contributed by atoms with van der Waals surface area (Å²) in [5.74, 6) is -0.668. The number of carbonyl (C=O) groups excluding carboxylic acids is 2. The van der Waals surface area contributed by atoms with Crippen molar-refractivity contribution in [2.24, 2.45) is 0 Å². The van der Waals surface area contributed by atoms with Gasteiger partial charge in [0.15, 0.2) is 6.04 Å². The molecule has 0 bridgehead atoms. The predicted octanol–water partition coefficient (Wildman–Crippen LogP) is 1.95. The summed E-state index contributed by atoms with van der Waals surface area (Å²) in [6, 6.07) is 1.16. The van der Waals surface area contributed by atoms with Crippen molar-refractivity contribution in [1.82, 2.24) is 4.57 Å². The smallest absolute Gasteiger partial charge is 0.338 e. The standard InChI is InChI=1S/C16H19N3O4/c1-5-22-15(20)12-8-18-14-11(7-17)9(3)10(4)19(14)13(12)16(21)23-6-2/h8,13,18H,5-6H2,1-4H3. The van der Waals surface area contributed by atoms with Crippen molar-refractivity contribution in [2.45, 2.75) is 33.7 Å². The van der Waals surface area contributed by atoms with Crippen molar-refractivity contribution in [1.29, 1.82) is 5.26 Å². The summed E-state index contributed by atoms with van der Waals surface area (Å²) in [4.78, 5) is 24.6. The molecule has 1 atom stereocenters. The van der Waals surface area contributed by atoms with Gasteiger partial charge in [-0.15, -0.1) is 0 Å². The van der Waals surface area contributed by atoms with Gasteiger partial charge in [-0.05, 0) is 33.3 Å². The molecule has 7 heteroatoms. The van der Waals surface area contributed by atoms with Gasteiger partial charge in [0.1, 0.15) is 11.9 Å². The number of hydrogen-bond donors (Lipinski definition) is 1. The van der Waals surface area contributed by atoms with E-state index in [1.54, 1.807) is 32.3 Å². The lowest BCUT2D eigenvalue weighted by molar-refractivity contribution is -0.149. The fourth-order valence-electron chi connectivity index (χ4n) is 2.63. The van der Waals surface area contributed by atoms with Crippen molar-refractivity contribution in [2.75, 3.05) is 18.5 Å². The second kappa shape index (κ2) is 6.57. The molecule has 1 unspecified atom stereocenters. The van der Waals surface area contributed by atoms with Gasteiger partial charge in [0, 0.05) is 11.9 Å². The Kier molecular flexibility index (Phi) is 4.74. The summed E-state index contributed by atoms with van der Waals surface area (Å²) >= 11 is 0. The zero-order valence-electron chi connectivity index (χ0n) is 13.6. The highest BCUT2D eigenvalue weighted by atomic mass is 16.5. The van der Waals surface area contributed by atoms with E-state index in [1.165, 1.54) is 6.20 Å². The third-order valence-corrected chi connectivity index (χ3v) is 3.81. The van der Waals surface area contributed by atoms with Crippen LogP contribution in [0.5, 0.6) is 0 Å². The Labute approximate surface area is 134 Å². The number of esters is 2. The molecule has 2 rings (SSSR count). The zero-order chi connectivity index (χ0) is 17.1. The minimum Gasteiger partial charge on any atom is -0.464 e. The van der Waals surface area contributed by atoms with Crippen LogP contribution >= 0.6 is 0 Å². The van der Waals surface area contributed by atoms with E-state index >= 15 is 0 Å². The molecule has 1 aromatic rings. The molecule has 0 aliphatic carbocycles. The zero-order valence-corrected chi connectivity index (χ0v) is 13.6. The molecule has 0 spiro atoms. The van der Waals surface area contributed by atoms with Crippen LogP contribution in [-0.4, -0.2) is 29.7 Å². The van der Waals surface area contributed by atoms with Crippen molar-refractivity contribution >= 4 is 17.8 Å². The lowest BCUT2D eigenvalue weighted by atomic mass is 10.1. The Morgan fingerprint density at radius 2 is 1.96 bits per heavy atom. The molecule has 0 amide bonds. The number of nitrogens with one attached hydrogen (secondary N) is 1. The Morgan fingerprint density at radius 1 is 1.30 bits per heavy atom. The average molecular weight is 317 g/mol. The lowest BCUT2D eigenvalue weighted by Gasteiger charge is -2.27. The number of anilines is 1. The second-order valence-electron chi connectivity index (χ2n) is 5.03. The van der Waals surface area contributed by atoms with Crippen molar-refractivity contribution < 1.29 is 19.1 Å². The number of fused-ring (bicyclic) bond motifs is 1. The van der Waals surface area contributed by atoms with Crippen LogP contribution in [0.15, 0.2) is 11.8 Å². The normalized spacial score (nSPS) is 15.8. The Hall–Kier alpha value is -2.75. The molecule has 1 aromatic heterocycles. The highest BCUT2D eigenvalue weighted by molar-refractivity contribution is 5.98. The van der Waals surface area contributed by atoms with E-state index in [-0.39, 0.29) is 18.8 Å². The number of nitrogens with zero attached hydrogens (tertiary/aromatic N) is 2. The van der Waals surface area contributed by atoms with E-state index in [9.17, 15) is 14.9 Å². The van der Waals surface area contributed by atoms with Crippen molar-refractivity contribution in [3.05, 3.63) is 28.6 Å². The highest BCUT2D eigenvalue weighted by Gasteiger charge is 2.38. The van der Waals surface area contributed by atoms with Crippen LogP contribution in [0.25, 0.3) is 0 Å². The number of aromatic nitrogens is 1. The maximum atomic E-state index is 12.4. The summed E-state index contributed by atoms with van der Waals surface area (Å²) < 4.78 is 11.8. The molecule has 0 saturated heterocycles. The Balaban J connectivity index is 2.60. The van der Waals surface area contributed by atoms with E-state index in [2.05, 4.69) is 11.4 Å². The minimum atomic E-state index is -0.967. The predicted molar refractivity (Wildman–Crippen MR) is 82.6 cm³/mol. The molecule has 2 heterocycles. The van der Waals surface area contributed by atoms with E-state index in [0.29, 0.717) is 11.4 Å². The first-order valence-electron chi connectivity index (χ1n) is 7.39. The summed E-state index contributed by atoms with van der Waals surface area (Å²) in [5, 5.41) is 12.3. The largest absolute Gasteiger partial charge is 0.464 e. The van der Waals surface area contributed by atoms with E-state index in [0.717, 1.165) is 11.3 Å². The van der Waals surface area contributed by atoms with Crippen LogP contribution in [0.4, 0.5) is 5.82 Å². The molecule has 0 radical (unpaired) electrons. The van der Waals surface area contributed by atoms with Crippen molar-refractivity contribution in [3.63, 3.8) is 0 Å². The van der Waals surface area contributed by atoms with Crippen LogP contribution in [0.2, 0.25) is 0 Å². The quantitative estimate of drug-likeness (QED) is 0.853.